The number of benzene rings is 1. The second kappa shape index (κ2) is 5.07. The molecule has 0 aliphatic heterocycles. The van der Waals surface area contributed by atoms with Crippen LogP contribution in [0.2, 0.25) is 0 Å². The van der Waals surface area contributed by atoms with Gasteiger partial charge in [-0.3, -0.25) is 0 Å². The van der Waals surface area contributed by atoms with Crippen molar-refractivity contribution >= 4 is 10.0 Å². The molecule has 0 aromatic heterocycles. The van der Waals surface area contributed by atoms with Crippen molar-refractivity contribution in [3.63, 3.8) is 0 Å². The molecule has 4 N–H and O–H groups in total. The number of hydrogen-bond donors (Lipinski definition) is 2. The predicted molar refractivity (Wildman–Crippen MR) is 58.3 cm³/mol. The Kier molecular flexibility index (Phi) is 4.01. The maximum atomic E-state index is 13.4. The van der Waals surface area contributed by atoms with Gasteiger partial charge in [-0.05, 0) is 18.2 Å². The van der Waals surface area contributed by atoms with Gasteiger partial charge in [0, 0.05) is 13.0 Å². The molecule has 0 unspecified atom stereocenters. The highest BCUT2D eigenvalue weighted by Crippen LogP contribution is 2.12. The largest absolute Gasteiger partial charge is 0.330 e. The highest BCUT2D eigenvalue weighted by Gasteiger charge is 2.10. The fourth-order valence-corrected chi connectivity index (χ4v) is 1.53. The molecule has 0 saturated carbocycles. The van der Waals surface area contributed by atoms with Crippen molar-refractivity contribution in [2.45, 2.75) is 11.3 Å². The normalized spacial score (nSPS) is 10.7. The van der Waals surface area contributed by atoms with E-state index in [1.807, 2.05) is 0 Å². The summed E-state index contributed by atoms with van der Waals surface area (Å²) in [6.45, 7) is 0.393. The van der Waals surface area contributed by atoms with E-state index in [-0.39, 0.29) is 10.5 Å². The fraction of sp³-hybridized carbons (Fsp3) is 0.200. The molecule has 0 bridgehead atoms. The van der Waals surface area contributed by atoms with Gasteiger partial charge in [0.25, 0.3) is 0 Å². The van der Waals surface area contributed by atoms with E-state index >= 15 is 0 Å². The quantitative estimate of drug-likeness (QED) is 0.725. The topological polar surface area (TPSA) is 86.2 Å². The third-order valence-corrected chi connectivity index (χ3v) is 2.67. The summed E-state index contributed by atoms with van der Waals surface area (Å²) in [4.78, 5) is -0.269. The van der Waals surface area contributed by atoms with Crippen molar-refractivity contribution in [1.82, 2.24) is 0 Å². The minimum Gasteiger partial charge on any atom is -0.330 e. The summed E-state index contributed by atoms with van der Waals surface area (Å²) in [5.41, 5.74) is 5.35. The van der Waals surface area contributed by atoms with Crippen LogP contribution in [0.3, 0.4) is 0 Å². The Labute approximate surface area is 93.5 Å². The Hall–Kier alpha value is -1.42. The Balaban J connectivity index is 3.07. The van der Waals surface area contributed by atoms with E-state index in [9.17, 15) is 12.8 Å². The number of sulfonamides is 1. The molecule has 0 aliphatic rings. The number of halogens is 1. The smallest absolute Gasteiger partial charge is 0.238 e. The summed E-state index contributed by atoms with van der Waals surface area (Å²) in [5.74, 6) is 4.49. The predicted octanol–water partition coefficient (Wildman–Crippen LogP) is 0.173. The summed E-state index contributed by atoms with van der Waals surface area (Å²) in [7, 11) is -3.88. The Bertz CT molecular complexity index is 544. The highest BCUT2D eigenvalue weighted by molar-refractivity contribution is 7.89. The maximum absolute atomic E-state index is 13.4. The second-order valence-corrected chi connectivity index (χ2v) is 4.59. The van der Waals surface area contributed by atoms with E-state index in [1.165, 1.54) is 12.1 Å². The maximum Gasteiger partial charge on any atom is 0.238 e. The molecule has 6 heteroatoms. The lowest BCUT2D eigenvalue weighted by atomic mass is 10.2. The molecule has 4 nitrogen and oxygen atoms in total. The Morgan fingerprint density at radius 2 is 2.06 bits per heavy atom. The third kappa shape index (κ3) is 3.31. The third-order valence-electron chi connectivity index (χ3n) is 1.76. The standard InChI is InChI=1S/C10H11FN2O2S/c11-10-7-9(16(13,14)15)5-4-8(10)3-1-2-6-12/h4-5,7H,2,6,12H2,(H2,13,14,15). The van der Waals surface area contributed by atoms with Crippen LogP contribution in [0, 0.1) is 17.7 Å². The van der Waals surface area contributed by atoms with Crippen molar-refractivity contribution in [3.8, 4) is 11.8 Å². The molecule has 1 aromatic rings. The van der Waals surface area contributed by atoms with Crippen molar-refractivity contribution in [1.29, 1.82) is 0 Å². The molecular formula is C10H11FN2O2S. The zero-order valence-corrected chi connectivity index (χ0v) is 9.22. The first-order chi connectivity index (χ1) is 7.45. The minimum atomic E-state index is -3.88. The van der Waals surface area contributed by atoms with Crippen molar-refractivity contribution in [3.05, 3.63) is 29.6 Å². The van der Waals surface area contributed by atoms with Gasteiger partial charge in [0.1, 0.15) is 5.82 Å². The molecule has 86 valence electrons. The van der Waals surface area contributed by atoms with Crippen molar-refractivity contribution in [2.24, 2.45) is 10.9 Å². The molecule has 0 aliphatic carbocycles. The van der Waals surface area contributed by atoms with Gasteiger partial charge in [-0.2, -0.15) is 0 Å². The molecule has 0 atom stereocenters. The van der Waals surface area contributed by atoms with Crippen LogP contribution in [-0.2, 0) is 10.0 Å². The highest BCUT2D eigenvalue weighted by atomic mass is 32.2. The molecule has 0 radical (unpaired) electrons. The molecule has 0 saturated heterocycles. The molecule has 0 amide bonds. The summed E-state index contributed by atoms with van der Waals surface area (Å²) < 4.78 is 35.2. The van der Waals surface area contributed by atoms with E-state index in [0.29, 0.717) is 13.0 Å². The van der Waals surface area contributed by atoms with Gasteiger partial charge in [-0.25, -0.2) is 17.9 Å². The SMILES string of the molecule is NCCC#Cc1ccc(S(N)(=O)=O)cc1F. The molecule has 1 rings (SSSR count). The van der Waals surface area contributed by atoms with Gasteiger partial charge in [-0.15, -0.1) is 0 Å². The average molecular weight is 242 g/mol. The van der Waals surface area contributed by atoms with E-state index < -0.39 is 15.8 Å². The average Bonchev–Trinajstić information content (AvgIpc) is 2.19. The van der Waals surface area contributed by atoms with Crippen LogP contribution in [0.25, 0.3) is 0 Å². The van der Waals surface area contributed by atoms with Crippen LogP contribution in [0.5, 0.6) is 0 Å². The monoisotopic (exact) mass is 242 g/mol. The lowest BCUT2D eigenvalue weighted by molar-refractivity contribution is 0.591. The summed E-state index contributed by atoms with van der Waals surface area (Å²) in [6.07, 6.45) is 0.455. The Morgan fingerprint density at radius 1 is 1.38 bits per heavy atom. The lowest BCUT2D eigenvalue weighted by Gasteiger charge is -1.99. The number of rotatable bonds is 2. The van der Waals surface area contributed by atoms with Crippen LogP contribution in [-0.4, -0.2) is 15.0 Å². The first kappa shape index (κ1) is 12.6. The van der Waals surface area contributed by atoms with Crippen LogP contribution >= 0.6 is 0 Å². The second-order valence-electron chi connectivity index (χ2n) is 3.03. The van der Waals surface area contributed by atoms with Gasteiger partial charge in [0.2, 0.25) is 10.0 Å². The molecule has 16 heavy (non-hydrogen) atoms. The van der Waals surface area contributed by atoms with Crippen LogP contribution in [0.4, 0.5) is 4.39 Å². The number of hydrogen-bond acceptors (Lipinski definition) is 3. The van der Waals surface area contributed by atoms with E-state index in [2.05, 4.69) is 11.8 Å². The first-order valence-electron chi connectivity index (χ1n) is 4.46. The summed E-state index contributed by atoms with van der Waals surface area (Å²) in [5, 5.41) is 4.85. The van der Waals surface area contributed by atoms with E-state index in [4.69, 9.17) is 10.9 Å². The zero-order valence-electron chi connectivity index (χ0n) is 8.40. The van der Waals surface area contributed by atoms with Gasteiger partial charge in [0.05, 0.1) is 10.5 Å². The van der Waals surface area contributed by atoms with E-state index in [0.717, 1.165) is 6.07 Å². The lowest BCUT2D eigenvalue weighted by Crippen LogP contribution is -2.12. The van der Waals surface area contributed by atoms with Crippen molar-refractivity contribution < 1.29 is 12.8 Å². The zero-order chi connectivity index (χ0) is 12.2. The molecule has 0 fully saturated rings. The number of primary sulfonamides is 1. The first-order valence-corrected chi connectivity index (χ1v) is 6.01. The van der Waals surface area contributed by atoms with E-state index in [1.54, 1.807) is 0 Å². The molecule has 0 heterocycles. The van der Waals surface area contributed by atoms with Gasteiger partial charge >= 0.3 is 0 Å². The fourth-order valence-electron chi connectivity index (χ4n) is 1.00. The summed E-state index contributed by atoms with van der Waals surface area (Å²) in [6, 6.07) is 3.34. The number of nitrogens with two attached hydrogens (primary N) is 2. The van der Waals surface area contributed by atoms with Crippen LogP contribution in [0.15, 0.2) is 23.1 Å². The van der Waals surface area contributed by atoms with Crippen LogP contribution < -0.4 is 10.9 Å². The molecule has 0 spiro atoms. The molecular weight excluding hydrogens is 231 g/mol. The summed E-state index contributed by atoms with van der Waals surface area (Å²) >= 11 is 0. The van der Waals surface area contributed by atoms with Crippen molar-refractivity contribution in [2.75, 3.05) is 6.54 Å². The molecule has 1 aromatic carbocycles. The minimum absolute atomic E-state index is 0.126. The van der Waals surface area contributed by atoms with Crippen LogP contribution in [0.1, 0.15) is 12.0 Å². The Morgan fingerprint density at radius 3 is 2.56 bits per heavy atom. The van der Waals surface area contributed by atoms with Gasteiger partial charge < -0.3 is 5.73 Å². The van der Waals surface area contributed by atoms with Gasteiger partial charge in [0.15, 0.2) is 0 Å². The van der Waals surface area contributed by atoms with Gasteiger partial charge in [-0.1, -0.05) is 11.8 Å².